The van der Waals surface area contributed by atoms with Gasteiger partial charge in [-0.3, -0.25) is 4.79 Å². The van der Waals surface area contributed by atoms with E-state index in [0.717, 1.165) is 15.8 Å². The molecule has 3 aromatic rings. The van der Waals surface area contributed by atoms with Crippen molar-refractivity contribution in [3.05, 3.63) is 58.8 Å². The third kappa shape index (κ3) is 2.80. The fraction of sp³-hybridized carbons (Fsp3) is 0.0667. The summed E-state index contributed by atoms with van der Waals surface area (Å²) < 4.78 is 0. The van der Waals surface area contributed by atoms with Gasteiger partial charge in [-0.15, -0.1) is 11.3 Å². The second kappa shape index (κ2) is 5.20. The Bertz CT molecular complexity index is 707. The first-order valence-electron chi connectivity index (χ1n) is 5.99. The Kier molecular flexibility index (Phi) is 3.25. The number of carbonyl (C=O) groups excluding carboxylic acids is 1. The fourth-order valence-corrected chi connectivity index (χ4v) is 2.60. The number of hydrogen-bond acceptors (Lipinski definition) is 3. The van der Waals surface area contributed by atoms with Gasteiger partial charge in [-0.05, 0) is 29.6 Å². The normalized spacial score (nSPS) is 10.5. The van der Waals surface area contributed by atoms with Gasteiger partial charge in [0.2, 0.25) is 5.91 Å². The Labute approximate surface area is 114 Å². The van der Waals surface area contributed by atoms with Gasteiger partial charge < -0.3 is 5.32 Å². The van der Waals surface area contributed by atoms with Crippen LogP contribution in [0.4, 0.5) is 5.82 Å². The highest BCUT2D eigenvalue weighted by molar-refractivity contribution is 7.10. The fourth-order valence-electron chi connectivity index (χ4n) is 1.89. The summed E-state index contributed by atoms with van der Waals surface area (Å²) in [5.41, 5.74) is 0.886. The molecule has 94 valence electrons. The number of pyridine rings is 1. The molecular weight excluding hydrogens is 256 g/mol. The van der Waals surface area contributed by atoms with Crippen LogP contribution in [-0.2, 0) is 11.2 Å². The van der Waals surface area contributed by atoms with E-state index in [4.69, 9.17) is 0 Å². The van der Waals surface area contributed by atoms with Crippen molar-refractivity contribution >= 4 is 34.0 Å². The Morgan fingerprint density at radius 1 is 1.11 bits per heavy atom. The van der Waals surface area contributed by atoms with Crippen LogP contribution in [0.1, 0.15) is 4.88 Å². The van der Waals surface area contributed by atoms with Crippen molar-refractivity contribution in [2.24, 2.45) is 0 Å². The Hall–Kier alpha value is -2.20. The average molecular weight is 268 g/mol. The summed E-state index contributed by atoms with van der Waals surface area (Å²) in [7, 11) is 0. The number of benzene rings is 1. The first kappa shape index (κ1) is 11.9. The first-order chi connectivity index (χ1) is 9.31. The average Bonchev–Trinajstić information content (AvgIpc) is 2.91. The zero-order chi connectivity index (χ0) is 13.1. The minimum atomic E-state index is -0.0368. The highest BCUT2D eigenvalue weighted by atomic mass is 32.1. The van der Waals surface area contributed by atoms with Crippen LogP contribution in [0.15, 0.2) is 53.9 Å². The van der Waals surface area contributed by atoms with E-state index in [1.807, 2.05) is 53.9 Å². The van der Waals surface area contributed by atoms with Crippen LogP contribution < -0.4 is 5.32 Å². The molecule has 1 amide bonds. The predicted octanol–water partition coefficient (Wildman–Crippen LogP) is 3.48. The number of hydrogen-bond donors (Lipinski definition) is 1. The molecular formula is C15H12N2OS. The van der Waals surface area contributed by atoms with E-state index in [9.17, 15) is 4.79 Å². The van der Waals surface area contributed by atoms with Crippen molar-refractivity contribution in [3.63, 3.8) is 0 Å². The van der Waals surface area contributed by atoms with E-state index < -0.39 is 0 Å². The summed E-state index contributed by atoms with van der Waals surface area (Å²) in [6.45, 7) is 0. The van der Waals surface area contributed by atoms with E-state index in [2.05, 4.69) is 10.3 Å². The molecule has 4 heteroatoms. The summed E-state index contributed by atoms with van der Waals surface area (Å²) in [5, 5.41) is 5.87. The van der Waals surface area contributed by atoms with Gasteiger partial charge >= 0.3 is 0 Å². The highest BCUT2D eigenvalue weighted by Gasteiger charge is 2.06. The molecule has 0 unspecified atom stereocenters. The van der Waals surface area contributed by atoms with Crippen LogP contribution in [0.3, 0.4) is 0 Å². The lowest BCUT2D eigenvalue weighted by Gasteiger charge is -2.04. The second-order valence-electron chi connectivity index (χ2n) is 4.19. The van der Waals surface area contributed by atoms with Crippen molar-refractivity contribution in [2.75, 3.05) is 5.32 Å². The van der Waals surface area contributed by atoms with Gasteiger partial charge in [-0.1, -0.05) is 24.3 Å². The first-order valence-corrected chi connectivity index (χ1v) is 6.87. The highest BCUT2D eigenvalue weighted by Crippen LogP contribution is 2.15. The van der Waals surface area contributed by atoms with Crippen molar-refractivity contribution in [1.82, 2.24) is 4.98 Å². The van der Waals surface area contributed by atoms with Crippen LogP contribution >= 0.6 is 11.3 Å². The minimum absolute atomic E-state index is 0.0368. The molecule has 19 heavy (non-hydrogen) atoms. The molecule has 0 radical (unpaired) electrons. The van der Waals surface area contributed by atoms with Gasteiger partial charge in [-0.25, -0.2) is 4.98 Å². The third-order valence-electron chi connectivity index (χ3n) is 2.78. The SMILES string of the molecule is O=C(Cc1cccs1)Nc1ccc2ccccc2n1. The lowest BCUT2D eigenvalue weighted by atomic mass is 10.2. The summed E-state index contributed by atoms with van der Waals surface area (Å²) in [6, 6.07) is 15.5. The number of fused-ring (bicyclic) bond motifs is 1. The quantitative estimate of drug-likeness (QED) is 0.790. The van der Waals surface area contributed by atoms with Crippen molar-refractivity contribution in [1.29, 1.82) is 0 Å². The maximum absolute atomic E-state index is 11.9. The van der Waals surface area contributed by atoms with Crippen LogP contribution in [-0.4, -0.2) is 10.9 Å². The van der Waals surface area contributed by atoms with E-state index in [1.54, 1.807) is 11.3 Å². The number of rotatable bonds is 3. The monoisotopic (exact) mass is 268 g/mol. The molecule has 1 aromatic carbocycles. The zero-order valence-electron chi connectivity index (χ0n) is 10.2. The van der Waals surface area contributed by atoms with Crippen LogP contribution in [0, 0.1) is 0 Å². The predicted molar refractivity (Wildman–Crippen MR) is 78.4 cm³/mol. The van der Waals surface area contributed by atoms with Crippen molar-refractivity contribution < 1.29 is 4.79 Å². The molecule has 0 aliphatic heterocycles. The Balaban J connectivity index is 1.75. The minimum Gasteiger partial charge on any atom is -0.310 e. The second-order valence-corrected chi connectivity index (χ2v) is 5.23. The maximum Gasteiger partial charge on any atom is 0.230 e. The number of nitrogens with zero attached hydrogens (tertiary/aromatic N) is 1. The Morgan fingerprint density at radius 3 is 2.84 bits per heavy atom. The van der Waals surface area contributed by atoms with Gasteiger partial charge in [-0.2, -0.15) is 0 Å². The van der Waals surface area contributed by atoms with Gasteiger partial charge in [0, 0.05) is 10.3 Å². The molecule has 0 saturated heterocycles. The lowest BCUT2D eigenvalue weighted by molar-refractivity contribution is -0.115. The largest absolute Gasteiger partial charge is 0.310 e. The molecule has 0 aliphatic carbocycles. The van der Waals surface area contributed by atoms with Gasteiger partial charge in [0.05, 0.1) is 11.9 Å². The standard InChI is InChI=1S/C15H12N2OS/c18-15(10-12-5-3-9-19-12)17-14-8-7-11-4-1-2-6-13(11)16-14/h1-9H,10H2,(H,16,17,18). The van der Waals surface area contributed by atoms with Crippen molar-refractivity contribution in [3.8, 4) is 0 Å². The molecule has 0 bridgehead atoms. The number of para-hydroxylation sites is 1. The topological polar surface area (TPSA) is 42.0 Å². The van der Waals surface area contributed by atoms with Gasteiger partial charge in [0.25, 0.3) is 0 Å². The van der Waals surface area contributed by atoms with Gasteiger partial charge in [0.15, 0.2) is 0 Å². The molecule has 2 heterocycles. The molecule has 0 saturated carbocycles. The Morgan fingerprint density at radius 2 is 2.00 bits per heavy atom. The smallest absolute Gasteiger partial charge is 0.230 e. The molecule has 0 spiro atoms. The molecule has 1 N–H and O–H groups in total. The number of carbonyl (C=O) groups is 1. The van der Waals surface area contributed by atoms with Crippen LogP contribution in [0.25, 0.3) is 10.9 Å². The van der Waals surface area contributed by atoms with Crippen LogP contribution in [0.2, 0.25) is 0 Å². The third-order valence-corrected chi connectivity index (χ3v) is 3.66. The summed E-state index contributed by atoms with van der Waals surface area (Å²) in [5.74, 6) is 0.561. The lowest BCUT2D eigenvalue weighted by Crippen LogP contribution is -2.14. The molecule has 3 rings (SSSR count). The number of nitrogens with one attached hydrogen (secondary N) is 1. The molecule has 2 aromatic heterocycles. The number of aromatic nitrogens is 1. The van der Waals surface area contributed by atoms with Crippen LogP contribution in [0.5, 0.6) is 0 Å². The van der Waals surface area contributed by atoms with E-state index >= 15 is 0 Å². The zero-order valence-corrected chi connectivity index (χ0v) is 11.0. The number of amides is 1. The maximum atomic E-state index is 11.9. The van der Waals surface area contributed by atoms with Gasteiger partial charge in [0.1, 0.15) is 5.82 Å². The number of anilines is 1. The van der Waals surface area contributed by atoms with E-state index in [0.29, 0.717) is 12.2 Å². The molecule has 0 atom stereocenters. The summed E-state index contributed by atoms with van der Waals surface area (Å²) in [4.78, 5) is 17.3. The van der Waals surface area contributed by atoms with E-state index in [1.165, 1.54) is 0 Å². The number of thiophene rings is 1. The van der Waals surface area contributed by atoms with E-state index in [-0.39, 0.29) is 5.91 Å². The summed E-state index contributed by atoms with van der Waals surface area (Å²) >= 11 is 1.58. The summed E-state index contributed by atoms with van der Waals surface area (Å²) in [6.07, 6.45) is 0.395. The molecule has 0 aliphatic rings. The molecule has 0 fully saturated rings. The molecule has 3 nitrogen and oxygen atoms in total. The van der Waals surface area contributed by atoms with Crippen molar-refractivity contribution in [2.45, 2.75) is 6.42 Å².